The summed E-state index contributed by atoms with van der Waals surface area (Å²) >= 11 is 0. The highest BCUT2D eigenvalue weighted by molar-refractivity contribution is 5.91. The summed E-state index contributed by atoms with van der Waals surface area (Å²) in [5.74, 6) is 1.18. The van der Waals surface area contributed by atoms with Crippen LogP contribution in [-0.4, -0.2) is 36.7 Å². The number of benzene rings is 2. The monoisotopic (exact) mass is 559 g/mol. The molecule has 218 valence electrons. The first-order valence-electron chi connectivity index (χ1n) is 14.4. The second-order valence-corrected chi connectivity index (χ2v) is 9.91. The number of hydrogen-bond donors (Lipinski definition) is 0. The zero-order valence-corrected chi connectivity index (χ0v) is 24.2. The zero-order chi connectivity index (χ0) is 29.3. The number of nitrogens with zero attached hydrogens (tertiary/aromatic N) is 1. The SMILES string of the molecule is C=C(C)C(=O)OCCCCCCCOc1ccc(C(=O)Oc2ccc(-c3ccc(OCCCCC)cn3)cc2)cc1. The van der Waals surface area contributed by atoms with E-state index >= 15 is 0 Å². The average Bonchev–Trinajstić information content (AvgIpc) is 2.99. The number of hydrogen-bond acceptors (Lipinski definition) is 7. The Kier molecular flexibility index (Phi) is 13.4. The van der Waals surface area contributed by atoms with Crippen molar-refractivity contribution in [1.29, 1.82) is 0 Å². The second kappa shape index (κ2) is 17.5. The molecular weight excluding hydrogens is 518 g/mol. The van der Waals surface area contributed by atoms with Gasteiger partial charge in [0.2, 0.25) is 0 Å². The van der Waals surface area contributed by atoms with Gasteiger partial charge in [0.05, 0.1) is 37.3 Å². The summed E-state index contributed by atoms with van der Waals surface area (Å²) < 4.78 is 22.1. The van der Waals surface area contributed by atoms with Crippen LogP contribution in [0.3, 0.4) is 0 Å². The normalized spacial score (nSPS) is 10.6. The van der Waals surface area contributed by atoms with Crippen molar-refractivity contribution in [3.05, 3.63) is 84.6 Å². The van der Waals surface area contributed by atoms with Gasteiger partial charge in [-0.1, -0.05) is 45.6 Å². The van der Waals surface area contributed by atoms with E-state index in [1.54, 1.807) is 49.5 Å². The first kappa shape index (κ1) is 31.4. The summed E-state index contributed by atoms with van der Waals surface area (Å²) in [7, 11) is 0. The molecule has 7 heteroatoms. The molecule has 0 saturated heterocycles. The van der Waals surface area contributed by atoms with Crippen molar-refractivity contribution in [1.82, 2.24) is 4.98 Å². The van der Waals surface area contributed by atoms with E-state index in [2.05, 4.69) is 18.5 Å². The first-order chi connectivity index (χ1) is 20.0. The summed E-state index contributed by atoms with van der Waals surface area (Å²) in [6.45, 7) is 9.11. The highest BCUT2D eigenvalue weighted by Crippen LogP contribution is 2.23. The molecule has 0 bridgehead atoms. The van der Waals surface area contributed by atoms with Gasteiger partial charge in [0.25, 0.3) is 0 Å². The van der Waals surface area contributed by atoms with E-state index < -0.39 is 5.97 Å². The van der Waals surface area contributed by atoms with Crippen molar-refractivity contribution in [3.8, 4) is 28.5 Å². The number of pyridine rings is 1. The topological polar surface area (TPSA) is 84.0 Å². The van der Waals surface area contributed by atoms with E-state index in [4.69, 9.17) is 18.9 Å². The van der Waals surface area contributed by atoms with Gasteiger partial charge in [0, 0.05) is 11.1 Å². The number of rotatable bonds is 18. The van der Waals surface area contributed by atoms with Gasteiger partial charge in [-0.2, -0.15) is 0 Å². The summed E-state index contributed by atoms with van der Waals surface area (Å²) in [5, 5.41) is 0. The minimum atomic E-state index is -0.430. The molecule has 0 aliphatic rings. The molecule has 0 N–H and O–H groups in total. The first-order valence-corrected chi connectivity index (χ1v) is 14.4. The van der Waals surface area contributed by atoms with Crippen LogP contribution in [-0.2, 0) is 9.53 Å². The molecule has 0 saturated carbocycles. The maximum absolute atomic E-state index is 12.6. The Morgan fingerprint density at radius 3 is 1.93 bits per heavy atom. The Hall–Kier alpha value is -4.13. The van der Waals surface area contributed by atoms with Gasteiger partial charge in [-0.15, -0.1) is 0 Å². The maximum atomic E-state index is 12.6. The molecule has 3 rings (SSSR count). The molecule has 1 aromatic heterocycles. The predicted octanol–water partition coefficient (Wildman–Crippen LogP) is 7.99. The van der Waals surface area contributed by atoms with Crippen molar-refractivity contribution in [3.63, 3.8) is 0 Å². The van der Waals surface area contributed by atoms with Gasteiger partial charge < -0.3 is 18.9 Å². The standard InChI is InChI=1S/C34H41NO6/c1-4-5-9-22-39-31-20-21-32(35-25-31)27-12-18-30(19-13-27)41-34(37)28-14-16-29(17-15-28)38-23-10-7-6-8-11-24-40-33(36)26(2)3/h12-21,25H,2,4-11,22-24H2,1,3H3. The van der Waals surface area contributed by atoms with E-state index in [-0.39, 0.29) is 5.97 Å². The summed E-state index contributed by atoms with van der Waals surface area (Å²) in [4.78, 5) is 28.4. The van der Waals surface area contributed by atoms with Gasteiger partial charge in [-0.3, -0.25) is 4.98 Å². The lowest BCUT2D eigenvalue weighted by atomic mass is 10.1. The van der Waals surface area contributed by atoms with Crippen LogP contribution in [0, 0.1) is 0 Å². The summed E-state index contributed by atoms with van der Waals surface area (Å²) in [5.41, 5.74) is 2.62. The minimum absolute atomic E-state index is 0.328. The lowest BCUT2D eigenvalue weighted by Crippen LogP contribution is -2.08. The van der Waals surface area contributed by atoms with Crippen LogP contribution < -0.4 is 14.2 Å². The van der Waals surface area contributed by atoms with Crippen LogP contribution >= 0.6 is 0 Å². The van der Waals surface area contributed by atoms with E-state index in [0.29, 0.717) is 42.5 Å². The number of aromatic nitrogens is 1. The second-order valence-electron chi connectivity index (χ2n) is 9.91. The molecule has 0 unspecified atom stereocenters. The van der Waals surface area contributed by atoms with Crippen molar-refractivity contribution < 1.29 is 28.5 Å². The Morgan fingerprint density at radius 1 is 0.707 bits per heavy atom. The number of ether oxygens (including phenoxy) is 4. The quantitative estimate of drug-likeness (QED) is 0.0676. The van der Waals surface area contributed by atoms with Crippen LogP contribution in [0.1, 0.15) is 75.6 Å². The molecule has 0 radical (unpaired) electrons. The van der Waals surface area contributed by atoms with Crippen LogP contribution in [0.15, 0.2) is 79.0 Å². The van der Waals surface area contributed by atoms with Crippen LogP contribution in [0.4, 0.5) is 0 Å². The Bertz CT molecular complexity index is 1220. The molecule has 7 nitrogen and oxygen atoms in total. The lowest BCUT2D eigenvalue weighted by molar-refractivity contribution is -0.139. The average molecular weight is 560 g/mol. The third-order valence-corrected chi connectivity index (χ3v) is 6.34. The largest absolute Gasteiger partial charge is 0.494 e. The van der Waals surface area contributed by atoms with Gasteiger partial charge >= 0.3 is 11.9 Å². The molecule has 0 amide bonds. The molecule has 3 aromatic rings. The Morgan fingerprint density at radius 2 is 1.29 bits per heavy atom. The molecule has 0 aliphatic carbocycles. The highest BCUT2D eigenvalue weighted by atomic mass is 16.5. The Labute approximate surface area is 243 Å². The summed E-state index contributed by atoms with van der Waals surface area (Å²) in [6.07, 6.45) is 9.96. The molecule has 0 atom stereocenters. The fourth-order valence-corrected chi connectivity index (χ4v) is 3.94. The predicted molar refractivity (Wildman–Crippen MR) is 160 cm³/mol. The van der Waals surface area contributed by atoms with Gasteiger partial charge in [0.15, 0.2) is 0 Å². The molecular formula is C34H41NO6. The number of carbonyl (C=O) groups excluding carboxylic acids is 2. The maximum Gasteiger partial charge on any atom is 0.343 e. The summed E-state index contributed by atoms with van der Waals surface area (Å²) in [6, 6.07) is 18.1. The zero-order valence-electron chi connectivity index (χ0n) is 24.2. The third kappa shape index (κ3) is 11.5. The van der Waals surface area contributed by atoms with E-state index in [1.807, 2.05) is 24.3 Å². The molecule has 41 heavy (non-hydrogen) atoms. The number of unbranched alkanes of at least 4 members (excludes halogenated alkanes) is 6. The van der Waals surface area contributed by atoms with Crippen LogP contribution in [0.5, 0.6) is 17.2 Å². The van der Waals surface area contributed by atoms with E-state index in [9.17, 15) is 9.59 Å². The smallest absolute Gasteiger partial charge is 0.343 e. The Balaban J connectivity index is 1.34. The molecule has 0 fully saturated rings. The fraction of sp³-hybridized carbons (Fsp3) is 0.382. The lowest BCUT2D eigenvalue weighted by Gasteiger charge is -2.09. The minimum Gasteiger partial charge on any atom is -0.494 e. The molecule has 1 heterocycles. The van der Waals surface area contributed by atoms with Crippen LogP contribution in [0.2, 0.25) is 0 Å². The number of carbonyl (C=O) groups is 2. The van der Waals surface area contributed by atoms with Gasteiger partial charge in [-0.05, 0) is 86.8 Å². The van der Waals surface area contributed by atoms with E-state index in [0.717, 1.165) is 68.4 Å². The molecule has 2 aromatic carbocycles. The van der Waals surface area contributed by atoms with Gasteiger partial charge in [-0.25, -0.2) is 9.59 Å². The molecule has 0 spiro atoms. The van der Waals surface area contributed by atoms with Gasteiger partial charge in [0.1, 0.15) is 17.2 Å². The molecule has 0 aliphatic heterocycles. The van der Waals surface area contributed by atoms with Crippen molar-refractivity contribution in [2.75, 3.05) is 19.8 Å². The van der Waals surface area contributed by atoms with E-state index in [1.165, 1.54) is 0 Å². The van der Waals surface area contributed by atoms with Crippen molar-refractivity contribution in [2.24, 2.45) is 0 Å². The number of esters is 2. The van der Waals surface area contributed by atoms with Crippen molar-refractivity contribution in [2.45, 2.75) is 65.2 Å². The van der Waals surface area contributed by atoms with Crippen molar-refractivity contribution >= 4 is 11.9 Å². The third-order valence-electron chi connectivity index (χ3n) is 6.34. The van der Waals surface area contributed by atoms with Crippen LogP contribution in [0.25, 0.3) is 11.3 Å². The highest BCUT2D eigenvalue weighted by Gasteiger charge is 2.10. The fourth-order valence-electron chi connectivity index (χ4n) is 3.94.